The molecule has 3 aromatic carbocycles. The summed E-state index contributed by atoms with van der Waals surface area (Å²) in [5, 5.41) is 5.20. The Morgan fingerprint density at radius 3 is 2.45 bits per heavy atom. The van der Waals surface area contributed by atoms with E-state index in [0.29, 0.717) is 0 Å². The molecule has 0 saturated carbocycles. The molecular weight excluding hydrogens is 338 g/mol. The number of anilines is 1. The van der Waals surface area contributed by atoms with Crippen LogP contribution in [0.2, 0.25) is 0 Å². The van der Waals surface area contributed by atoms with Crippen molar-refractivity contribution in [1.82, 2.24) is 0 Å². The maximum Gasteiger partial charge on any atom is 0.248 e. The summed E-state index contributed by atoms with van der Waals surface area (Å²) in [6.45, 7) is 0. The van der Waals surface area contributed by atoms with Gasteiger partial charge in [-0.25, -0.2) is 0 Å². The molecule has 0 aromatic heterocycles. The van der Waals surface area contributed by atoms with Gasteiger partial charge in [-0.05, 0) is 56.5 Å². The predicted molar refractivity (Wildman–Crippen MR) is 95.8 cm³/mol. The number of hydrogen-bond donors (Lipinski definition) is 1. The Kier molecular flexibility index (Phi) is 4.35. The molecule has 0 aliphatic carbocycles. The average molecular weight is 352 g/mol. The molecule has 0 fully saturated rings. The smallest absolute Gasteiger partial charge is 0.248 e. The fourth-order valence-corrected chi connectivity index (χ4v) is 2.60. The Hall–Kier alpha value is -2.39. The van der Waals surface area contributed by atoms with Crippen LogP contribution in [-0.4, -0.2) is 5.91 Å². The van der Waals surface area contributed by atoms with Crippen LogP contribution in [0.5, 0.6) is 0 Å². The number of amides is 1. The Morgan fingerprint density at radius 1 is 0.909 bits per heavy atom. The first-order chi connectivity index (χ1) is 10.7. The topological polar surface area (TPSA) is 29.1 Å². The van der Waals surface area contributed by atoms with E-state index in [0.717, 1.165) is 21.1 Å². The van der Waals surface area contributed by atoms with Crippen LogP contribution in [-0.2, 0) is 4.79 Å². The first-order valence-electron chi connectivity index (χ1n) is 6.95. The van der Waals surface area contributed by atoms with E-state index in [4.69, 9.17) is 0 Å². The average Bonchev–Trinajstić information content (AvgIpc) is 2.55. The minimum atomic E-state index is -0.153. The van der Waals surface area contributed by atoms with Gasteiger partial charge in [-0.2, -0.15) is 0 Å². The second kappa shape index (κ2) is 6.58. The highest BCUT2D eigenvalue weighted by atomic mass is 79.9. The van der Waals surface area contributed by atoms with Crippen molar-refractivity contribution in [2.75, 3.05) is 5.32 Å². The number of carbonyl (C=O) groups is 1. The predicted octanol–water partition coefficient (Wildman–Crippen LogP) is 5.25. The van der Waals surface area contributed by atoms with E-state index < -0.39 is 0 Å². The molecule has 3 aromatic rings. The molecule has 108 valence electrons. The number of halogens is 1. The minimum Gasteiger partial charge on any atom is -0.321 e. The number of hydrogen-bond acceptors (Lipinski definition) is 1. The van der Waals surface area contributed by atoms with Crippen LogP contribution in [0.25, 0.3) is 16.8 Å². The molecule has 0 radical (unpaired) electrons. The fourth-order valence-electron chi connectivity index (χ4n) is 2.22. The maximum atomic E-state index is 12.0. The second-order valence-corrected chi connectivity index (χ2v) is 5.76. The zero-order valence-electron chi connectivity index (χ0n) is 11.8. The number of carbonyl (C=O) groups excluding carboxylic acids is 1. The first kappa shape index (κ1) is 14.5. The van der Waals surface area contributed by atoms with Crippen molar-refractivity contribution in [2.45, 2.75) is 0 Å². The molecule has 1 N–H and O–H groups in total. The zero-order valence-corrected chi connectivity index (χ0v) is 13.4. The van der Waals surface area contributed by atoms with Gasteiger partial charge >= 0.3 is 0 Å². The summed E-state index contributed by atoms with van der Waals surface area (Å²) in [6, 6.07) is 21.8. The van der Waals surface area contributed by atoms with Gasteiger partial charge in [0.15, 0.2) is 0 Å². The number of benzene rings is 3. The summed E-state index contributed by atoms with van der Waals surface area (Å²) in [6.07, 6.45) is 3.36. The van der Waals surface area contributed by atoms with E-state index >= 15 is 0 Å². The molecule has 0 spiro atoms. The van der Waals surface area contributed by atoms with Crippen molar-refractivity contribution in [2.24, 2.45) is 0 Å². The second-order valence-electron chi connectivity index (χ2n) is 4.91. The molecule has 1 amide bonds. The number of nitrogens with one attached hydrogen (secondary N) is 1. The lowest BCUT2D eigenvalue weighted by Gasteiger charge is -2.04. The first-order valence-corrected chi connectivity index (χ1v) is 7.74. The van der Waals surface area contributed by atoms with Crippen LogP contribution in [0, 0.1) is 0 Å². The van der Waals surface area contributed by atoms with Gasteiger partial charge < -0.3 is 5.32 Å². The summed E-state index contributed by atoms with van der Waals surface area (Å²) >= 11 is 3.41. The molecule has 2 nitrogen and oxygen atoms in total. The molecule has 0 heterocycles. The molecule has 22 heavy (non-hydrogen) atoms. The summed E-state index contributed by atoms with van der Waals surface area (Å²) < 4.78 is 0.863. The van der Waals surface area contributed by atoms with Crippen molar-refractivity contribution in [1.29, 1.82) is 0 Å². The Balaban J connectivity index is 1.75. The molecule has 0 aliphatic rings. The Labute approximate surface area is 137 Å². The van der Waals surface area contributed by atoms with Crippen LogP contribution in [0.15, 0.2) is 77.3 Å². The fraction of sp³-hybridized carbons (Fsp3) is 0. The van der Waals surface area contributed by atoms with Gasteiger partial charge in [-0.3, -0.25) is 4.79 Å². The largest absolute Gasteiger partial charge is 0.321 e. The summed E-state index contributed by atoms with van der Waals surface area (Å²) in [5.74, 6) is -0.153. The number of para-hydroxylation sites is 1. The monoisotopic (exact) mass is 351 g/mol. The molecule has 3 rings (SSSR count). The molecule has 0 bridgehead atoms. The van der Waals surface area contributed by atoms with Crippen LogP contribution in [0.1, 0.15) is 5.56 Å². The van der Waals surface area contributed by atoms with Crippen LogP contribution in [0.3, 0.4) is 0 Å². The van der Waals surface area contributed by atoms with Gasteiger partial charge in [-0.15, -0.1) is 0 Å². The van der Waals surface area contributed by atoms with Gasteiger partial charge in [0.25, 0.3) is 0 Å². The summed E-state index contributed by atoms with van der Waals surface area (Å²) in [4.78, 5) is 12.0. The highest BCUT2D eigenvalue weighted by Crippen LogP contribution is 2.21. The summed E-state index contributed by atoms with van der Waals surface area (Å²) in [5.41, 5.74) is 1.76. The lowest BCUT2D eigenvalue weighted by Crippen LogP contribution is -2.07. The van der Waals surface area contributed by atoms with Crippen molar-refractivity contribution in [3.8, 4) is 0 Å². The Bertz CT molecular complexity index is 855. The van der Waals surface area contributed by atoms with Crippen LogP contribution < -0.4 is 5.32 Å². The number of rotatable bonds is 3. The van der Waals surface area contributed by atoms with E-state index in [-0.39, 0.29) is 5.91 Å². The Morgan fingerprint density at radius 2 is 1.64 bits per heavy atom. The van der Waals surface area contributed by atoms with Crippen molar-refractivity contribution in [3.63, 3.8) is 0 Å². The van der Waals surface area contributed by atoms with E-state index in [2.05, 4.69) is 45.5 Å². The zero-order chi connectivity index (χ0) is 15.4. The van der Waals surface area contributed by atoms with Crippen molar-refractivity contribution < 1.29 is 4.79 Å². The minimum absolute atomic E-state index is 0.153. The molecular formula is C19H14BrNO. The third kappa shape index (κ3) is 3.43. The third-order valence-electron chi connectivity index (χ3n) is 3.33. The van der Waals surface area contributed by atoms with Gasteiger partial charge in [-0.1, -0.05) is 48.5 Å². The van der Waals surface area contributed by atoms with Crippen molar-refractivity contribution >= 4 is 44.4 Å². The van der Waals surface area contributed by atoms with E-state index in [1.807, 2.05) is 48.5 Å². The van der Waals surface area contributed by atoms with E-state index in [9.17, 15) is 4.79 Å². The van der Waals surface area contributed by atoms with Gasteiger partial charge in [0.2, 0.25) is 5.91 Å². The van der Waals surface area contributed by atoms with Gasteiger partial charge in [0.1, 0.15) is 0 Å². The lowest BCUT2D eigenvalue weighted by molar-refractivity contribution is -0.111. The molecule has 3 heteroatoms. The van der Waals surface area contributed by atoms with Crippen molar-refractivity contribution in [3.05, 3.63) is 82.8 Å². The molecule has 0 unspecified atom stereocenters. The number of fused-ring (bicyclic) bond motifs is 1. The quantitative estimate of drug-likeness (QED) is 0.641. The highest BCUT2D eigenvalue weighted by Gasteiger charge is 2.01. The maximum absolute atomic E-state index is 12.0. The van der Waals surface area contributed by atoms with Crippen LogP contribution >= 0.6 is 15.9 Å². The molecule has 0 atom stereocenters. The normalized spacial score (nSPS) is 11.0. The van der Waals surface area contributed by atoms with E-state index in [1.54, 1.807) is 6.08 Å². The molecule has 0 saturated heterocycles. The summed E-state index contributed by atoms with van der Waals surface area (Å²) in [7, 11) is 0. The standard InChI is InChI=1S/C19H14BrNO/c20-17-7-3-4-8-18(17)21-19(22)12-10-14-9-11-15-5-1-2-6-16(15)13-14/h1-13H,(H,21,22). The van der Waals surface area contributed by atoms with Crippen LogP contribution in [0.4, 0.5) is 5.69 Å². The third-order valence-corrected chi connectivity index (χ3v) is 4.02. The lowest BCUT2D eigenvalue weighted by atomic mass is 10.1. The van der Waals surface area contributed by atoms with Gasteiger partial charge in [0.05, 0.1) is 5.69 Å². The van der Waals surface area contributed by atoms with E-state index in [1.165, 1.54) is 5.39 Å². The van der Waals surface area contributed by atoms with Gasteiger partial charge in [0, 0.05) is 10.5 Å². The highest BCUT2D eigenvalue weighted by molar-refractivity contribution is 9.10. The SMILES string of the molecule is O=C(C=Cc1ccc2ccccc2c1)Nc1ccccc1Br. The molecule has 0 aliphatic heterocycles.